The van der Waals surface area contributed by atoms with Gasteiger partial charge in [0.15, 0.2) is 11.4 Å². The summed E-state index contributed by atoms with van der Waals surface area (Å²) in [6.45, 7) is 4.01. The highest BCUT2D eigenvalue weighted by atomic mass is 35.5. The number of rotatable bonds is 14. The van der Waals surface area contributed by atoms with Gasteiger partial charge in [-0.1, -0.05) is 30.9 Å². The van der Waals surface area contributed by atoms with E-state index in [-0.39, 0.29) is 18.3 Å². The number of halogens is 1. The van der Waals surface area contributed by atoms with Crippen molar-refractivity contribution in [1.29, 1.82) is 0 Å². The molecule has 2 aromatic carbocycles. The van der Waals surface area contributed by atoms with Crippen molar-refractivity contribution in [3.05, 3.63) is 74.8 Å². The van der Waals surface area contributed by atoms with E-state index in [1.807, 2.05) is 0 Å². The first-order valence-electron chi connectivity index (χ1n) is 10.8. The molecule has 0 aromatic heterocycles. The lowest BCUT2D eigenvalue weighted by Crippen LogP contribution is -2.46. The van der Waals surface area contributed by atoms with Crippen LogP contribution in [0.5, 0.6) is 5.75 Å². The van der Waals surface area contributed by atoms with Crippen LogP contribution in [-0.4, -0.2) is 35.5 Å². The average molecular weight is 477 g/mol. The van der Waals surface area contributed by atoms with Crippen LogP contribution >= 0.6 is 11.6 Å². The minimum Gasteiger partial charge on any atom is -0.478 e. The summed E-state index contributed by atoms with van der Waals surface area (Å²) >= 11 is 5.87. The molecule has 0 spiro atoms. The van der Waals surface area contributed by atoms with Gasteiger partial charge in [-0.2, -0.15) is 0 Å². The standard InChI is InChI=1S/C24H29ClN2O6/c1-24(2,23(29)26-16-6-4-3-5-7-17-32-27(30)31)33-21-14-10-19(11-15-21)22(28)18-8-12-20(25)13-9-18/h8-15H,3-7,16-17H2,1-2H3,(H,26,29). The van der Waals surface area contributed by atoms with Gasteiger partial charge in [-0.05, 0) is 75.2 Å². The molecule has 0 aliphatic carbocycles. The number of amides is 1. The highest BCUT2D eigenvalue weighted by Crippen LogP contribution is 2.21. The predicted octanol–water partition coefficient (Wildman–Crippen LogP) is 5.00. The molecule has 8 nitrogen and oxygen atoms in total. The van der Waals surface area contributed by atoms with Gasteiger partial charge >= 0.3 is 0 Å². The molecule has 2 rings (SSSR count). The van der Waals surface area contributed by atoms with Crippen molar-refractivity contribution in [2.75, 3.05) is 13.2 Å². The van der Waals surface area contributed by atoms with E-state index in [1.54, 1.807) is 62.4 Å². The van der Waals surface area contributed by atoms with Crippen LogP contribution in [0.4, 0.5) is 0 Å². The van der Waals surface area contributed by atoms with Crippen LogP contribution in [0.3, 0.4) is 0 Å². The Morgan fingerprint density at radius 3 is 2.09 bits per heavy atom. The molecule has 9 heteroatoms. The lowest BCUT2D eigenvalue weighted by Gasteiger charge is -2.25. The molecular formula is C24H29ClN2O6. The summed E-state index contributed by atoms with van der Waals surface area (Å²) in [5, 5.41) is 12.7. The van der Waals surface area contributed by atoms with Crippen LogP contribution in [0.25, 0.3) is 0 Å². The van der Waals surface area contributed by atoms with Crippen LogP contribution < -0.4 is 10.1 Å². The van der Waals surface area contributed by atoms with Gasteiger partial charge in [-0.15, -0.1) is 10.1 Å². The minimum absolute atomic E-state index is 0.117. The van der Waals surface area contributed by atoms with Crippen molar-refractivity contribution < 1.29 is 24.3 Å². The summed E-state index contributed by atoms with van der Waals surface area (Å²) in [5.41, 5.74) is -0.0313. The number of carbonyl (C=O) groups excluding carboxylic acids is 2. The van der Waals surface area contributed by atoms with Gasteiger partial charge in [-0.3, -0.25) is 9.59 Å². The predicted molar refractivity (Wildman–Crippen MR) is 125 cm³/mol. The Morgan fingerprint density at radius 1 is 0.939 bits per heavy atom. The SMILES string of the molecule is CC(C)(Oc1ccc(C(=O)c2ccc(Cl)cc2)cc1)C(=O)NCCCCCCCO[N+](=O)[O-]. The minimum atomic E-state index is -1.08. The molecule has 0 fully saturated rings. The lowest BCUT2D eigenvalue weighted by atomic mass is 10.0. The number of hydrogen-bond acceptors (Lipinski definition) is 6. The Kier molecular flexibility index (Phi) is 10.1. The highest BCUT2D eigenvalue weighted by Gasteiger charge is 2.29. The summed E-state index contributed by atoms with van der Waals surface area (Å²) in [4.78, 5) is 39.4. The van der Waals surface area contributed by atoms with Crippen LogP contribution in [0, 0.1) is 10.1 Å². The Bertz CT molecular complexity index is 929. The summed E-state index contributed by atoms with van der Waals surface area (Å²) in [6, 6.07) is 13.3. The molecule has 0 aliphatic rings. The number of unbranched alkanes of at least 4 members (excludes halogenated alkanes) is 4. The van der Waals surface area contributed by atoms with Crippen molar-refractivity contribution >= 4 is 23.3 Å². The quantitative estimate of drug-likeness (QED) is 0.178. The molecule has 0 aliphatic heterocycles. The van der Waals surface area contributed by atoms with Gasteiger partial charge in [0.05, 0.1) is 6.61 Å². The molecule has 1 N–H and O–H groups in total. The van der Waals surface area contributed by atoms with E-state index in [2.05, 4.69) is 10.2 Å². The number of ketones is 1. The van der Waals surface area contributed by atoms with Gasteiger partial charge in [0.25, 0.3) is 11.0 Å². The Labute approximate surface area is 198 Å². The van der Waals surface area contributed by atoms with Crippen LogP contribution in [0.1, 0.15) is 61.9 Å². The zero-order valence-electron chi connectivity index (χ0n) is 18.8. The topological polar surface area (TPSA) is 108 Å². The van der Waals surface area contributed by atoms with Gasteiger partial charge in [0, 0.05) is 22.7 Å². The Balaban J connectivity index is 1.74. The summed E-state index contributed by atoms with van der Waals surface area (Å²) in [7, 11) is 0. The van der Waals surface area contributed by atoms with Crippen LogP contribution in [-0.2, 0) is 9.63 Å². The zero-order valence-corrected chi connectivity index (χ0v) is 19.6. The fourth-order valence-corrected chi connectivity index (χ4v) is 3.22. The molecule has 0 atom stereocenters. The summed E-state index contributed by atoms with van der Waals surface area (Å²) < 4.78 is 5.85. The number of hydrogen-bond donors (Lipinski definition) is 1. The van der Waals surface area contributed by atoms with Crippen molar-refractivity contribution in [1.82, 2.24) is 5.32 Å². The molecule has 2 aromatic rings. The maximum Gasteiger partial charge on any atom is 0.294 e. The first-order chi connectivity index (χ1) is 15.7. The van der Waals surface area contributed by atoms with Crippen molar-refractivity contribution in [2.24, 2.45) is 0 Å². The van der Waals surface area contributed by atoms with Crippen molar-refractivity contribution in [3.8, 4) is 5.75 Å². The summed E-state index contributed by atoms with van der Waals surface area (Å²) in [5.74, 6) is 0.128. The molecule has 178 valence electrons. The third-order valence-corrected chi connectivity index (χ3v) is 5.20. The van der Waals surface area contributed by atoms with Crippen LogP contribution in [0.2, 0.25) is 5.02 Å². The van der Waals surface area contributed by atoms with Crippen molar-refractivity contribution in [3.63, 3.8) is 0 Å². The first kappa shape index (κ1) is 26.1. The van der Waals surface area contributed by atoms with Gasteiger partial charge in [0.1, 0.15) is 5.75 Å². The summed E-state index contributed by atoms with van der Waals surface area (Å²) in [6.07, 6.45) is 4.10. The second-order valence-electron chi connectivity index (χ2n) is 8.05. The van der Waals surface area contributed by atoms with E-state index < -0.39 is 10.7 Å². The van der Waals surface area contributed by atoms with E-state index in [0.29, 0.717) is 34.9 Å². The molecule has 0 heterocycles. The average Bonchev–Trinajstić information content (AvgIpc) is 2.78. The Hall–Kier alpha value is -3.13. The molecule has 1 amide bonds. The highest BCUT2D eigenvalue weighted by molar-refractivity contribution is 6.30. The molecule has 33 heavy (non-hydrogen) atoms. The third-order valence-electron chi connectivity index (χ3n) is 4.95. The normalized spacial score (nSPS) is 11.0. The van der Waals surface area contributed by atoms with E-state index in [1.165, 1.54) is 0 Å². The third kappa shape index (κ3) is 9.10. The maximum atomic E-state index is 12.6. The van der Waals surface area contributed by atoms with Gasteiger partial charge in [0.2, 0.25) is 0 Å². The fourth-order valence-electron chi connectivity index (χ4n) is 3.09. The Morgan fingerprint density at radius 2 is 1.48 bits per heavy atom. The zero-order chi connectivity index (χ0) is 24.3. The number of nitrogens with one attached hydrogen (secondary N) is 1. The van der Waals surface area contributed by atoms with E-state index >= 15 is 0 Å². The van der Waals surface area contributed by atoms with Gasteiger partial charge < -0.3 is 14.9 Å². The molecule has 0 bridgehead atoms. The molecular weight excluding hydrogens is 448 g/mol. The first-order valence-corrected chi connectivity index (χ1v) is 11.2. The number of ether oxygens (including phenoxy) is 1. The molecule has 0 saturated carbocycles. The van der Waals surface area contributed by atoms with Crippen LogP contribution in [0.15, 0.2) is 48.5 Å². The van der Waals surface area contributed by atoms with Gasteiger partial charge in [-0.25, -0.2) is 0 Å². The smallest absolute Gasteiger partial charge is 0.294 e. The maximum absolute atomic E-state index is 12.6. The van der Waals surface area contributed by atoms with E-state index in [9.17, 15) is 19.7 Å². The monoisotopic (exact) mass is 476 g/mol. The number of carbonyl (C=O) groups is 2. The fraction of sp³-hybridized carbons (Fsp3) is 0.417. The molecule has 0 saturated heterocycles. The van der Waals surface area contributed by atoms with E-state index in [0.717, 1.165) is 25.7 Å². The number of nitrogens with zero attached hydrogens (tertiary/aromatic N) is 1. The van der Waals surface area contributed by atoms with E-state index in [4.69, 9.17) is 16.3 Å². The lowest BCUT2D eigenvalue weighted by molar-refractivity contribution is -0.757. The molecule has 0 radical (unpaired) electrons. The van der Waals surface area contributed by atoms with Crippen molar-refractivity contribution in [2.45, 2.75) is 51.6 Å². The second kappa shape index (κ2) is 12.8. The largest absolute Gasteiger partial charge is 0.478 e. The number of benzene rings is 2. The molecule has 0 unspecified atom stereocenters. The second-order valence-corrected chi connectivity index (χ2v) is 8.49.